The van der Waals surface area contributed by atoms with Gasteiger partial charge in [-0.15, -0.1) is 0 Å². The first-order valence-corrected chi connectivity index (χ1v) is 6.80. The Labute approximate surface area is 108 Å². The molecule has 19 heavy (non-hydrogen) atoms. The fourth-order valence-corrected chi connectivity index (χ4v) is 1.51. The van der Waals surface area contributed by atoms with Gasteiger partial charge in [-0.2, -0.15) is 4.98 Å². The van der Waals surface area contributed by atoms with Crippen molar-refractivity contribution in [1.82, 2.24) is 9.55 Å². The van der Waals surface area contributed by atoms with E-state index >= 15 is 0 Å². The van der Waals surface area contributed by atoms with Gasteiger partial charge in [-0.05, 0) is 12.1 Å². The minimum Gasteiger partial charge on any atom is -0.393 e. The second-order valence-electron chi connectivity index (χ2n) is 3.55. The number of aliphatic hydroxyl groups is 1. The minimum atomic E-state index is -4.31. The molecule has 1 rings (SSSR count). The van der Waals surface area contributed by atoms with Crippen molar-refractivity contribution < 1.29 is 24.2 Å². The van der Waals surface area contributed by atoms with Crippen LogP contribution in [0.4, 0.5) is 5.82 Å². The van der Waals surface area contributed by atoms with Crippen LogP contribution in [0, 0.1) is 0 Å². The molecular weight excluding hydrogens is 277 g/mol. The summed E-state index contributed by atoms with van der Waals surface area (Å²) in [4.78, 5) is 32.1. The molecule has 0 aliphatic heterocycles. The SMILES string of the molecule is Nc1ccn(CO[C@H](/C=C/P(=O)(O)O)CO)c(=O)n1. The van der Waals surface area contributed by atoms with Crippen LogP contribution in [-0.2, 0) is 16.0 Å². The summed E-state index contributed by atoms with van der Waals surface area (Å²) >= 11 is 0. The number of hydrogen-bond donors (Lipinski definition) is 4. The lowest BCUT2D eigenvalue weighted by Crippen LogP contribution is -2.27. The predicted molar refractivity (Wildman–Crippen MR) is 66.1 cm³/mol. The van der Waals surface area contributed by atoms with Crippen molar-refractivity contribution in [3.63, 3.8) is 0 Å². The van der Waals surface area contributed by atoms with Crippen molar-refractivity contribution in [3.05, 3.63) is 34.6 Å². The van der Waals surface area contributed by atoms with Crippen molar-refractivity contribution in [3.8, 4) is 0 Å². The van der Waals surface area contributed by atoms with Crippen LogP contribution in [0.2, 0.25) is 0 Å². The molecule has 1 atom stereocenters. The zero-order valence-corrected chi connectivity index (χ0v) is 10.7. The largest absolute Gasteiger partial charge is 0.393 e. The van der Waals surface area contributed by atoms with Gasteiger partial charge in [-0.1, -0.05) is 0 Å². The summed E-state index contributed by atoms with van der Waals surface area (Å²) in [7, 11) is -4.31. The number of rotatable bonds is 6. The quantitative estimate of drug-likeness (QED) is 0.480. The molecule has 10 heteroatoms. The first-order valence-electron chi connectivity index (χ1n) is 5.12. The smallest absolute Gasteiger partial charge is 0.351 e. The average molecular weight is 291 g/mol. The first-order chi connectivity index (χ1) is 8.81. The Kier molecular flexibility index (Phi) is 5.40. The van der Waals surface area contributed by atoms with Crippen molar-refractivity contribution in [2.75, 3.05) is 12.3 Å². The van der Waals surface area contributed by atoms with E-state index in [4.69, 9.17) is 25.4 Å². The number of ether oxygens (including phenoxy) is 1. The normalized spacial score (nSPS) is 13.8. The summed E-state index contributed by atoms with van der Waals surface area (Å²) in [5, 5.41) is 8.96. The van der Waals surface area contributed by atoms with E-state index in [1.165, 1.54) is 12.3 Å². The van der Waals surface area contributed by atoms with E-state index < -0.39 is 26.0 Å². The van der Waals surface area contributed by atoms with Gasteiger partial charge in [-0.25, -0.2) is 4.79 Å². The molecule has 0 aliphatic rings. The van der Waals surface area contributed by atoms with Gasteiger partial charge in [0.05, 0.1) is 6.61 Å². The summed E-state index contributed by atoms with van der Waals surface area (Å²) in [6, 6.07) is 1.39. The second-order valence-corrected chi connectivity index (χ2v) is 5.03. The van der Waals surface area contributed by atoms with Gasteiger partial charge >= 0.3 is 13.3 Å². The molecule has 1 aromatic rings. The molecular formula is C9H14N3O6P. The van der Waals surface area contributed by atoms with Gasteiger partial charge in [-0.3, -0.25) is 9.13 Å². The maximum atomic E-state index is 11.3. The zero-order chi connectivity index (χ0) is 14.5. The Morgan fingerprint density at radius 2 is 2.26 bits per heavy atom. The molecule has 9 nitrogen and oxygen atoms in total. The lowest BCUT2D eigenvalue weighted by molar-refractivity contribution is 0.00130. The number of anilines is 1. The fourth-order valence-electron chi connectivity index (χ4n) is 1.09. The van der Waals surface area contributed by atoms with E-state index in [-0.39, 0.29) is 12.5 Å². The molecule has 5 N–H and O–H groups in total. The van der Waals surface area contributed by atoms with E-state index in [1.807, 2.05) is 0 Å². The molecule has 106 valence electrons. The second kappa shape index (κ2) is 6.60. The van der Waals surface area contributed by atoms with Gasteiger partial charge in [0.1, 0.15) is 18.7 Å². The van der Waals surface area contributed by atoms with Crippen molar-refractivity contribution in [1.29, 1.82) is 0 Å². The van der Waals surface area contributed by atoms with Crippen LogP contribution in [0.15, 0.2) is 29.0 Å². The minimum absolute atomic E-state index is 0.0707. The molecule has 0 bridgehead atoms. The van der Waals surface area contributed by atoms with Crippen molar-refractivity contribution in [2.45, 2.75) is 12.8 Å². The zero-order valence-electron chi connectivity index (χ0n) is 9.79. The summed E-state index contributed by atoms with van der Waals surface area (Å²) in [6.45, 7) is -0.726. The third-order valence-electron chi connectivity index (χ3n) is 2.00. The Morgan fingerprint density at radius 1 is 1.58 bits per heavy atom. The lowest BCUT2D eigenvalue weighted by Gasteiger charge is -2.12. The summed E-state index contributed by atoms with van der Waals surface area (Å²) < 4.78 is 16.8. The fraction of sp³-hybridized carbons (Fsp3) is 0.333. The monoisotopic (exact) mass is 291 g/mol. The van der Waals surface area contributed by atoms with Crippen LogP contribution in [0.5, 0.6) is 0 Å². The number of aromatic nitrogens is 2. The van der Waals surface area contributed by atoms with Crippen molar-refractivity contribution in [2.24, 2.45) is 0 Å². The summed E-state index contributed by atoms with van der Waals surface area (Å²) in [5.74, 6) is 0.694. The van der Waals surface area contributed by atoms with Gasteiger partial charge in [0, 0.05) is 12.0 Å². The molecule has 0 aliphatic carbocycles. The highest BCUT2D eigenvalue weighted by Gasteiger charge is 2.10. The molecule has 1 heterocycles. The molecule has 0 spiro atoms. The Balaban J connectivity index is 2.66. The van der Waals surface area contributed by atoms with Crippen LogP contribution >= 0.6 is 7.60 Å². The van der Waals surface area contributed by atoms with E-state index in [9.17, 15) is 9.36 Å². The van der Waals surface area contributed by atoms with Gasteiger partial charge < -0.3 is 25.4 Å². The Hall–Kier alpha value is -1.51. The lowest BCUT2D eigenvalue weighted by atomic mass is 10.4. The highest BCUT2D eigenvalue weighted by Crippen LogP contribution is 2.36. The van der Waals surface area contributed by atoms with Crippen LogP contribution in [-0.4, -0.2) is 37.2 Å². The standard InChI is InChI=1S/C9H14N3O6P/c10-8-1-3-12(9(14)11-8)6-18-7(5-13)2-4-19(15,16)17/h1-4,7,13H,5-6H2,(H2,10,11,14)(H2,15,16,17)/b4-2+/t7-/m1/s1. The molecule has 0 saturated heterocycles. The van der Waals surface area contributed by atoms with Crippen LogP contribution < -0.4 is 11.4 Å². The van der Waals surface area contributed by atoms with Gasteiger partial charge in [0.15, 0.2) is 0 Å². The third-order valence-corrected chi connectivity index (χ3v) is 2.56. The number of nitrogens with zero attached hydrogens (tertiary/aromatic N) is 2. The van der Waals surface area contributed by atoms with Gasteiger partial charge in [0.25, 0.3) is 0 Å². The highest BCUT2D eigenvalue weighted by molar-refractivity contribution is 7.55. The van der Waals surface area contributed by atoms with E-state index in [0.29, 0.717) is 5.82 Å². The highest BCUT2D eigenvalue weighted by atomic mass is 31.2. The van der Waals surface area contributed by atoms with Crippen LogP contribution in [0.1, 0.15) is 0 Å². The maximum absolute atomic E-state index is 11.3. The Morgan fingerprint density at radius 3 is 2.79 bits per heavy atom. The van der Waals surface area contributed by atoms with Crippen LogP contribution in [0.25, 0.3) is 0 Å². The van der Waals surface area contributed by atoms with Gasteiger partial charge in [0.2, 0.25) is 0 Å². The summed E-state index contributed by atoms with van der Waals surface area (Å²) in [5.41, 5.74) is 4.67. The topological polar surface area (TPSA) is 148 Å². The molecule has 0 aromatic carbocycles. The molecule has 0 radical (unpaired) electrons. The maximum Gasteiger partial charge on any atom is 0.351 e. The number of nitrogens with two attached hydrogens (primary N) is 1. The Bertz CT molecular complexity index is 551. The van der Waals surface area contributed by atoms with E-state index in [1.54, 1.807) is 0 Å². The molecule has 1 aromatic heterocycles. The van der Waals surface area contributed by atoms with E-state index in [0.717, 1.165) is 10.6 Å². The predicted octanol–water partition coefficient (Wildman–Crippen LogP) is -1.15. The summed E-state index contributed by atoms with van der Waals surface area (Å²) in [6.07, 6.45) is 1.43. The van der Waals surface area contributed by atoms with Crippen molar-refractivity contribution >= 4 is 13.4 Å². The van der Waals surface area contributed by atoms with E-state index in [2.05, 4.69) is 4.98 Å². The number of nitrogen functional groups attached to an aromatic ring is 1. The first kappa shape index (κ1) is 15.5. The average Bonchev–Trinajstić information content (AvgIpc) is 2.30. The molecule has 0 unspecified atom stereocenters. The number of hydrogen-bond acceptors (Lipinski definition) is 6. The van der Waals surface area contributed by atoms with Crippen LogP contribution in [0.3, 0.4) is 0 Å². The molecule has 0 saturated carbocycles. The molecule has 0 fully saturated rings. The molecule has 0 amide bonds. The third kappa shape index (κ3) is 5.77. The number of aliphatic hydroxyl groups excluding tert-OH is 1.